The molecule has 1 aliphatic carbocycles. The summed E-state index contributed by atoms with van der Waals surface area (Å²) in [5, 5.41) is 10.4. The lowest BCUT2D eigenvalue weighted by atomic mass is 10.0. The second-order valence-corrected chi connectivity index (χ2v) is 5.07. The lowest BCUT2D eigenvalue weighted by molar-refractivity contribution is -0.137. The van der Waals surface area contributed by atoms with E-state index in [0.717, 1.165) is 24.6 Å². The van der Waals surface area contributed by atoms with E-state index in [1.54, 1.807) is 13.0 Å². The average Bonchev–Trinajstić information content (AvgIpc) is 3.33. The molecule has 1 aliphatic rings. The van der Waals surface area contributed by atoms with E-state index in [1.807, 2.05) is 6.92 Å². The zero-order chi connectivity index (χ0) is 16.1. The van der Waals surface area contributed by atoms with E-state index in [0.29, 0.717) is 12.5 Å². The van der Waals surface area contributed by atoms with Crippen LogP contribution in [0.2, 0.25) is 0 Å². The number of carbonyl (C=O) groups is 1. The third kappa shape index (κ3) is 3.50. The summed E-state index contributed by atoms with van der Waals surface area (Å²) in [5.74, 6) is -0.894. The van der Waals surface area contributed by atoms with Crippen molar-refractivity contribution >= 4 is 17.9 Å². The number of aromatic nitrogens is 1. The molecular weight excluding hydrogens is 285 g/mol. The zero-order valence-electron chi connectivity index (χ0n) is 12.8. The fraction of sp³-hybridized carbons (Fsp3) is 0.438. The Morgan fingerprint density at radius 1 is 1.55 bits per heavy atom. The van der Waals surface area contributed by atoms with E-state index >= 15 is 0 Å². The molecule has 1 aromatic heterocycles. The second-order valence-electron chi connectivity index (χ2n) is 5.07. The van der Waals surface area contributed by atoms with Crippen LogP contribution in [0.1, 0.15) is 43.7 Å². The van der Waals surface area contributed by atoms with Gasteiger partial charge in [-0.05, 0) is 44.2 Å². The standard InChI is InChI=1S/C16H20FN3O2/c1-3-19-14(13(8-18)16(21)22-4-2)12-7-11(10-5-6-10)9-20-15(12)17/h7-10,18-19H,3-6H2,1-2H3/b14-13+,18-8?. The predicted octanol–water partition coefficient (Wildman–Crippen LogP) is 2.63. The number of nitrogens with one attached hydrogen (secondary N) is 2. The molecule has 0 aliphatic heterocycles. The summed E-state index contributed by atoms with van der Waals surface area (Å²) < 4.78 is 19.1. The van der Waals surface area contributed by atoms with Crippen molar-refractivity contribution in [1.82, 2.24) is 10.3 Å². The van der Waals surface area contributed by atoms with E-state index in [2.05, 4.69) is 10.3 Å². The maximum atomic E-state index is 14.2. The molecule has 0 aromatic carbocycles. The Bertz CT molecular complexity index is 609. The fourth-order valence-corrected chi connectivity index (χ4v) is 2.23. The number of pyridine rings is 1. The Morgan fingerprint density at radius 3 is 2.82 bits per heavy atom. The molecule has 5 nitrogen and oxygen atoms in total. The summed E-state index contributed by atoms with van der Waals surface area (Å²) in [6, 6.07) is 1.71. The van der Waals surface area contributed by atoms with Gasteiger partial charge in [0.05, 0.1) is 17.9 Å². The summed E-state index contributed by atoms with van der Waals surface area (Å²) in [6.45, 7) is 4.20. The summed E-state index contributed by atoms with van der Waals surface area (Å²) in [7, 11) is 0. The number of carbonyl (C=O) groups excluding carboxylic acids is 1. The third-order valence-corrected chi connectivity index (χ3v) is 3.44. The number of nitrogens with zero attached hydrogens (tertiary/aromatic N) is 1. The van der Waals surface area contributed by atoms with Crippen molar-refractivity contribution in [3.63, 3.8) is 0 Å². The van der Waals surface area contributed by atoms with E-state index in [4.69, 9.17) is 10.1 Å². The molecule has 1 heterocycles. The molecule has 0 atom stereocenters. The normalized spacial score (nSPS) is 15.0. The summed E-state index contributed by atoms with van der Waals surface area (Å²) in [4.78, 5) is 15.8. The highest BCUT2D eigenvalue weighted by Gasteiger charge is 2.26. The smallest absolute Gasteiger partial charge is 0.341 e. The molecular formula is C16H20FN3O2. The van der Waals surface area contributed by atoms with Crippen molar-refractivity contribution in [3.8, 4) is 0 Å². The van der Waals surface area contributed by atoms with Crippen molar-refractivity contribution in [1.29, 1.82) is 5.41 Å². The molecule has 0 amide bonds. The molecule has 0 bridgehead atoms. The Balaban J connectivity index is 2.52. The van der Waals surface area contributed by atoms with Gasteiger partial charge in [0.2, 0.25) is 5.95 Å². The van der Waals surface area contributed by atoms with E-state index in [-0.39, 0.29) is 23.4 Å². The van der Waals surface area contributed by atoms with E-state index in [9.17, 15) is 9.18 Å². The van der Waals surface area contributed by atoms with Crippen LogP contribution in [0.3, 0.4) is 0 Å². The second kappa shape index (κ2) is 7.15. The van der Waals surface area contributed by atoms with Crippen molar-refractivity contribution in [2.75, 3.05) is 13.2 Å². The molecule has 0 unspecified atom stereocenters. The third-order valence-electron chi connectivity index (χ3n) is 3.44. The Hall–Kier alpha value is -2.24. The maximum Gasteiger partial charge on any atom is 0.341 e. The molecule has 1 aromatic rings. The van der Waals surface area contributed by atoms with Gasteiger partial charge in [-0.2, -0.15) is 4.39 Å². The molecule has 1 fully saturated rings. The van der Waals surface area contributed by atoms with Crippen LogP contribution in [0.5, 0.6) is 0 Å². The van der Waals surface area contributed by atoms with Crippen LogP contribution in [0, 0.1) is 11.4 Å². The molecule has 118 valence electrons. The Morgan fingerprint density at radius 2 is 2.27 bits per heavy atom. The highest BCUT2D eigenvalue weighted by Crippen LogP contribution is 2.40. The molecule has 2 N–H and O–H groups in total. The lowest BCUT2D eigenvalue weighted by Crippen LogP contribution is -2.20. The van der Waals surface area contributed by atoms with Crippen LogP contribution in [-0.2, 0) is 9.53 Å². The van der Waals surface area contributed by atoms with E-state index in [1.165, 1.54) is 6.20 Å². The van der Waals surface area contributed by atoms with Crippen LogP contribution in [0.15, 0.2) is 17.8 Å². The highest BCUT2D eigenvalue weighted by atomic mass is 19.1. The topological polar surface area (TPSA) is 75.1 Å². The first-order valence-electron chi connectivity index (χ1n) is 7.43. The molecule has 2 rings (SSSR count). The SMILES string of the molecule is CCN/C(=C(\C=N)C(=O)OCC)c1cc(C2CC2)cnc1F. The first-order chi connectivity index (χ1) is 10.6. The van der Waals surface area contributed by atoms with Gasteiger partial charge >= 0.3 is 5.97 Å². The maximum absolute atomic E-state index is 14.2. The van der Waals surface area contributed by atoms with Crippen molar-refractivity contribution in [3.05, 3.63) is 34.9 Å². The van der Waals surface area contributed by atoms with Crippen LogP contribution in [0.25, 0.3) is 5.70 Å². The molecule has 22 heavy (non-hydrogen) atoms. The fourth-order valence-electron chi connectivity index (χ4n) is 2.23. The van der Waals surface area contributed by atoms with Crippen LogP contribution >= 0.6 is 0 Å². The van der Waals surface area contributed by atoms with Gasteiger partial charge in [-0.1, -0.05) is 0 Å². The summed E-state index contributed by atoms with van der Waals surface area (Å²) in [5.41, 5.74) is 1.42. The number of halogens is 1. The van der Waals surface area contributed by atoms with Crippen LogP contribution in [-0.4, -0.2) is 30.3 Å². The summed E-state index contributed by atoms with van der Waals surface area (Å²) in [6.07, 6.45) is 4.57. The first kappa shape index (κ1) is 16.1. The number of hydrogen-bond donors (Lipinski definition) is 2. The molecule has 0 radical (unpaired) electrons. The van der Waals surface area contributed by atoms with Gasteiger partial charge in [0, 0.05) is 19.0 Å². The minimum absolute atomic E-state index is 0.00246. The minimum atomic E-state index is -0.663. The average molecular weight is 305 g/mol. The van der Waals surface area contributed by atoms with Crippen molar-refractivity contribution < 1.29 is 13.9 Å². The van der Waals surface area contributed by atoms with Gasteiger partial charge in [-0.15, -0.1) is 0 Å². The number of ether oxygens (including phenoxy) is 1. The quantitative estimate of drug-likeness (QED) is 0.351. The highest BCUT2D eigenvalue weighted by molar-refractivity contribution is 6.15. The van der Waals surface area contributed by atoms with Crippen LogP contribution in [0.4, 0.5) is 4.39 Å². The largest absolute Gasteiger partial charge is 0.462 e. The predicted molar refractivity (Wildman–Crippen MR) is 82.2 cm³/mol. The van der Waals surface area contributed by atoms with Gasteiger partial charge in [0.1, 0.15) is 5.57 Å². The van der Waals surface area contributed by atoms with Crippen molar-refractivity contribution in [2.45, 2.75) is 32.6 Å². The number of rotatable bonds is 7. The monoisotopic (exact) mass is 305 g/mol. The number of esters is 1. The van der Waals surface area contributed by atoms with Gasteiger partial charge in [-0.25, -0.2) is 9.78 Å². The molecule has 1 saturated carbocycles. The molecule has 0 saturated heterocycles. The van der Waals surface area contributed by atoms with Gasteiger partial charge in [0.25, 0.3) is 0 Å². The van der Waals surface area contributed by atoms with Gasteiger partial charge in [-0.3, -0.25) is 0 Å². The molecule has 6 heteroatoms. The van der Waals surface area contributed by atoms with Crippen molar-refractivity contribution in [2.24, 2.45) is 0 Å². The lowest BCUT2D eigenvalue weighted by Gasteiger charge is -2.14. The van der Waals surface area contributed by atoms with Gasteiger partial charge in [0.15, 0.2) is 0 Å². The van der Waals surface area contributed by atoms with Crippen LogP contribution < -0.4 is 5.32 Å². The first-order valence-corrected chi connectivity index (χ1v) is 7.43. The summed E-state index contributed by atoms with van der Waals surface area (Å²) >= 11 is 0. The van der Waals surface area contributed by atoms with E-state index < -0.39 is 11.9 Å². The number of hydrogen-bond acceptors (Lipinski definition) is 5. The van der Waals surface area contributed by atoms with Gasteiger partial charge < -0.3 is 15.5 Å². The molecule has 0 spiro atoms. The zero-order valence-corrected chi connectivity index (χ0v) is 12.8. The Labute approximate surface area is 129 Å². The minimum Gasteiger partial charge on any atom is -0.462 e. The Kier molecular flexibility index (Phi) is 5.25.